The van der Waals surface area contributed by atoms with Gasteiger partial charge in [-0.05, 0) is 42.2 Å². The van der Waals surface area contributed by atoms with Crippen LogP contribution in [0.25, 0.3) is 0 Å². The van der Waals surface area contributed by atoms with Gasteiger partial charge in [0, 0.05) is 12.2 Å². The molecule has 0 aliphatic carbocycles. The minimum atomic E-state index is 0.565. The molecule has 0 saturated carbocycles. The van der Waals surface area contributed by atoms with Crippen LogP contribution < -0.4 is 10.6 Å². The summed E-state index contributed by atoms with van der Waals surface area (Å²) in [7, 11) is 0. The number of fused-ring (bicyclic) bond motifs is 1. The Bertz CT molecular complexity index is 685. The van der Waals surface area contributed by atoms with Crippen LogP contribution in [0, 0.1) is 17.2 Å². The molecule has 1 heterocycles. The van der Waals surface area contributed by atoms with E-state index in [4.69, 9.17) is 11.0 Å². The number of anilines is 3. The summed E-state index contributed by atoms with van der Waals surface area (Å²) in [5.41, 5.74) is 11.0. The lowest BCUT2D eigenvalue weighted by molar-refractivity contribution is 0.562. The summed E-state index contributed by atoms with van der Waals surface area (Å²) in [6.07, 6.45) is 1.09. The highest BCUT2D eigenvalue weighted by atomic mass is 15.2. The molecule has 0 saturated heterocycles. The fraction of sp³-hybridized carbons (Fsp3) is 0.235. The average molecular weight is 263 g/mol. The number of rotatable bonds is 1. The maximum atomic E-state index is 9.09. The van der Waals surface area contributed by atoms with E-state index >= 15 is 0 Å². The summed E-state index contributed by atoms with van der Waals surface area (Å²) >= 11 is 0. The molecule has 1 atom stereocenters. The van der Waals surface area contributed by atoms with Gasteiger partial charge in [-0.15, -0.1) is 0 Å². The van der Waals surface area contributed by atoms with Crippen LogP contribution in [-0.2, 0) is 6.42 Å². The lowest BCUT2D eigenvalue weighted by Gasteiger charge is -2.35. The van der Waals surface area contributed by atoms with Crippen molar-refractivity contribution in [3.8, 4) is 6.07 Å². The van der Waals surface area contributed by atoms with Crippen molar-refractivity contribution in [2.75, 3.05) is 17.2 Å². The van der Waals surface area contributed by atoms with Gasteiger partial charge in [0.15, 0.2) is 0 Å². The standard InChI is InChI=1S/C17H17N3/c1-12-8-14-4-2-3-5-16(14)20(11-12)17-9-13(10-18)6-7-15(17)19/h2-7,9,12H,8,11,19H2,1H3. The Kier molecular flexibility index (Phi) is 3.08. The van der Waals surface area contributed by atoms with Crippen molar-refractivity contribution in [1.29, 1.82) is 5.26 Å². The number of benzene rings is 2. The van der Waals surface area contributed by atoms with E-state index in [0.29, 0.717) is 17.2 Å². The number of nitrogens with zero attached hydrogens (tertiary/aromatic N) is 2. The topological polar surface area (TPSA) is 53.0 Å². The SMILES string of the molecule is CC1Cc2ccccc2N(c2cc(C#N)ccc2N)C1. The highest BCUT2D eigenvalue weighted by Crippen LogP contribution is 2.38. The van der Waals surface area contributed by atoms with Gasteiger partial charge in [-0.3, -0.25) is 0 Å². The third-order valence-electron chi connectivity index (χ3n) is 3.80. The Labute approximate surface area is 119 Å². The smallest absolute Gasteiger partial charge is 0.0992 e. The summed E-state index contributed by atoms with van der Waals surface area (Å²) in [6.45, 7) is 3.17. The van der Waals surface area contributed by atoms with Gasteiger partial charge in [-0.2, -0.15) is 5.26 Å². The summed E-state index contributed by atoms with van der Waals surface area (Å²) in [5, 5.41) is 9.09. The van der Waals surface area contributed by atoms with Crippen molar-refractivity contribution in [3.05, 3.63) is 53.6 Å². The molecular weight excluding hydrogens is 246 g/mol. The van der Waals surface area contributed by atoms with Gasteiger partial charge >= 0.3 is 0 Å². The summed E-state index contributed by atoms with van der Waals surface area (Å²) < 4.78 is 0. The Morgan fingerprint density at radius 3 is 2.80 bits per heavy atom. The predicted octanol–water partition coefficient (Wildman–Crippen LogP) is 3.47. The molecule has 1 aliphatic heterocycles. The fourth-order valence-electron chi connectivity index (χ4n) is 2.87. The molecule has 2 aromatic rings. The second-order valence-corrected chi connectivity index (χ2v) is 5.43. The minimum Gasteiger partial charge on any atom is -0.397 e. The van der Waals surface area contributed by atoms with Crippen LogP contribution in [-0.4, -0.2) is 6.54 Å². The van der Waals surface area contributed by atoms with E-state index in [2.05, 4.69) is 36.1 Å². The first-order chi connectivity index (χ1) is 9.69. The summed E-state index contributed by atoms with van der Waals surface area (Å²) in [6, 6.07) is 16.1. The fourth-order valence-corrected chi connectivity index (χ4v) is 2.87. The van der Waals surface area contributed by atoms with E-state index in [-0.39, 0.29) is 0 Å². The quantitative estimate of drug-likeness (QED) is 0.801. The third kappa shape index (κ3) is 2.10. The largest absolute Gasteiger partial charge is 0.397 e. The second-order valence-electron chi connectivity index (χ2n) is 5.43. The molecule has 3 heteroatoms. The predicted molar refractivity (Wildman–Crippen MR) is 81.9 cm³/mol. The molecule has 2 N–H and O–H groups in total. The molecular formula is C17H17N3. The van der Waals surface area contributed by atoms with Crippen LogP contribution in [0.4, 0.5) is 17.1 Å². The number of hydrogen-bond donors (Lipinski definition) is 1. The van der Waals surface area contributed by atoms with Gasteiger partial charge < -0.3 is 10.6 Å². The molecule has 0 spiro atoms. The number of nitriles is 1. The molecule has 1 unspecified atom stereocenters. The Morgan fingerprint density at radius 2 is 2.00 bits per heavy atom. The first-order valence-electron chi connectivity index (χ1n) is 6.84. The van der Waals surface area contributed by atoms with Crippen molar-refractivity contribution in [1.82, 2.24) is 0 Å². The molecule has 2 aromatic carbocycles. The lowest BCUT2D eigenvalue weighted by atomic mass is 9.93. The molecule has 100 valence electrons. The molecule has 0 radical (unpaired) electrons. The number of para-hydroxylation sites is 1. The minimum absolute atomic E-state index is 0.565. The van der Waals surface area contributed by atoms with Crippen molar-refractivity contribution < 1.29 is 0 Å². The van der Waals surface area contributed by atoms with E-state index < -0.39 is 0 Å². The van der Waals surface area contributed by atoms with Crippen molar-refractivity contribution >= 4 is 17.1 Å². The van der Waals surface area contributed by atoms with Crippen molar-refractivity contribution in [3.63, 3.8) is 0 Å². The monoisotopic (exact) mass is 263 g/mol. The molecule has 1 aliphatic rings. The highest BCUT2D eigenvalue weighted by molar-refractivity contribution is 5.78. The average Bonchev–Trinajstić information content (AvgIpc) is 2.47. The normalized spacial score (nSPS) is 17.4. The van der Waals surface area contributed by atoms with Crippen LogP contribution in [0.3, 0.4) is 0 Å². The van der Waals surface area contributed by atoms with E-state index in [1.165, 1.54) is 11.3 Å². The summed E-state index contributed by atoms with van der Waals surface area (Å²) in [4.78, 5) is 2.24. The molecule has 20 heavy (non-hydrogen) atoms. The number of nitrogen functional groups attached to an aromatic ring is 1. The van der Waals surface area contributed by atoms with E-state index in [1.807, 2.05) is 18.2 Å². The van der Waals surface area contributed by atoms with Gasteiger partial charge in [0.25, 0.3) is 0 Å². The van der Waals surface area contributed by atoms with Gasteiger partial charge in [0.05, 0.1) is 23.0 Å². The maximum absolute atomic E-state index is 9.09. The van der Waals surface area contributed by atoms with Gasteiger partial charge in [-0.1, -0.05) is 25.1 Å². The Balaban J connectivity index is 2.13. The van der Waals surface area contributed by atoms with Crippen LogP contribution >= 0.6 is 0 Å². The first kappa shape index (κ1) is 12.6. The van der Waals surface area contributed by atoms with Crippen LogP contribution in [0.15, 0.2) is 42.5 Å². The second kappa shape index (κ2) is 4.90. The molecule has 3 rings (SSSR count). The third-order valence-corrected chi connectivity index (χ3v) is 3.80. The van der Waals surface area contributed by atoms with E-state index in [0.717, 1.165) is 18.7 Å². The van der Waals surface area contributed by atoms with Crippen LogP contribution in [0.1, 0.15) is 18.1 Å². The zero-order valence-electron chi connectivity index (χ0n) is 11.5. The van der Waals surface area contributed by atoms with Gasteiger partial charge in [-0.25, -0.2) is 0 Å². The molecule has 0 fully saturated rings. The molecule has 0 bridgehead atoms. The zero-order chi connectivity index (χ0) is 14.1. The summed E-state index contributed by atoms with van der Waals surface area (Å²) in [5.74, 6) is 0.565. The highest BCUT2D eigenvalue weighted by Gasteiger charge is 2.23. The Hall–Kier alpha value is -2.47. The van der Waals surface area contributed by atoms with Crippen LogP contribution in [0.2, 0.25) is 0 Å². The van der Waals surface area contributed by atoms with Crippen molar-refractivity contribution in [2.24, 2.45) is 5.92 Å². The molecule has 3 nitrogen and oxygen atoms in total. The van der Waals surface area contributed by atoms with Gasteiger partial charge in [0.2, 0.25) is 0 Å². The maximum Gasteiger partial charge on any atom is 0.0992 e. The van der Waals surface area contributed by atoms with E-state index in [9.17, 15) is 0 Å². The van der Waals surface area contributed by atoms with E-state index in [1.54, 1.807) is 6.07 Å². The lowest BCUT2D eigenvalue weighted by Crippen LogP contribution is -2.30. The number of nitrogens with two attached hydrogens (primary N) is 1. The van der Waals surface area contributed by atoms with Gasteiger partial charge in [0.1, 0.15) is 0 Å². The molecule has 0 amide bonds. The zero-order valence-corrected chi connectivity index (χ0v) is 11.5. The van der Waals surface area contributed by atoms with Crippen LogP contribution in [0.5, 0.6) is 0 Å². The first-order valence-corrected chi connectivity index (χ1v) is 6.84. The number of hydrogen-bond acceptors (Lipinski definition) is 3. The van der Waals surface area contributed by atoms with Crippen molar-refractivity contribution in [2.45, 2.75) is 13.3 Å². The Morgan fingerprint density at radius 1 is 1.20 bits per heavy atom. The molecule has 0 aromatic heterocycles.